The number of nitrogens with zero attached hydrogens (tertiary/aromatic N) is 2. The molecule has 0 radical (unpaired) electrons. The molecule has 0 aromatic heterocycles. The second kappa shape index (κ2) is 7.12. The van der Waals surface area contributed by atoms with Crippen LogP contribution in [0.25, 0.3) is 0 Å². The molecule has 0 saturated heterocycles. The number of hydrogen-bond acceptors (Lipinski definition) is 4. The van der Waals surface area contributed by atoms with Gasteiger partial charge in [0.15, 0.2) is 0 Å². The lowest BCUT2D eigenvalue weighted by atomic mass is 10.3. The van der Waals surface area contributed by atoms with Crippen molar-refractivity contribution in [3.05, 3.63) is 48.5 Å². The molecule has 2 amide bonds. The van der Waals surface area contributed by atoms with Crippen LogP contribution in [0.2, 0.25) is 0 Å². The maximum Gasteiger partial charge on any atom is 0.221 e. The number of anilines is 2. The van der Waals surface area contributed by atoms with Crippen molar-refractivity contribution in [3.8, 4) is 0 Å². The van der Waals surface area contributed by atoms with Crippen molar-refractivity contribution < 1.29 is 9.59 Å². The Labute approximate surface area is 128 Å². The summed E-state index contributed by atoms with van der Waals surface area (Å²) in [6.45, 7) is 2.91. The summed E-state index contributed by atoms with van der Waals surface area (Å²) in [7, 11) is 0. The molecular weight excluding hydrogens is 280 g/mol. The molecule has 0 fully saturated rings. The van der Waals surface area contributed by atoms with Crippen LogP contribution in [0, 0.1) is 0 Å². The molecule has 0 saturated carbocycles. The summed E-state index contributed by atoms with van der Waals surface area (Å²) < 4.78 is 0. The third-order valence-corrected chi connectivity index (χ3v) is 2.66. The lowest BCUT2D eigenvalue weighted by Crippen LogP contribution is -2.05. The molecule has 0 bridgehead atoms. The van der Waals surface area contributed by atoms with Crippen LogP contribution in [-0.4, -0.2) is 11.8 Å². The van der Waals surface area contributed by atoms with E-state index in [0.717, 1.165) is 0 Å². The number of hydrogen-bond donors (Lipinski definition) is 2. The van der Waals surface area contributed by atoms with Gasteiger partial charge in [-0.05, 0) is 48.5 Å². The first kappa shape index (κ1) is 15.4. The van der Waals surface area contributed by atoms with Gasteiger partial charge >= 0.3 is 0 Å². The fraction of sp³-hybridized carbons (Fsp3) is 0.125. The van der Waals surface area contributed by atoms with Gasteiger partial charge in [0.2, 0.25) is 11.8 Å². The third kappa shape index (κ3) is 4.82. The zero-order valence-electron chi connectivity index (χ0n) is 12.3. The van der Waals surface area contributed by atoms with Crippen LogP contribution in [0.15, 0.2) is 58.8 Å². The molecule has 0 aliphatic carbocycles. The first-order valence-corrected chi connectivity index (χ1v) is 6.70. The normalized spacial score (nSPS) is 10.5. The van der Waals surface area contributed by atoms with Crippen LogP contribution in [0.3, 0.4) is 0 Å². The summed E-state index contributed by atoms with van der Waals surface area (Å²) in [5, 5.41) is 13.6. The summed E-state index contributed by atoms with van der Waals surface area (Å²) >= 11 is 0. The molecular formula is C16H16N4O2. The molecule has 2 aromatic rings. The van der Waals surface area contributed by atoms with E-state index in [1.807, 2.05) is 0 Å². The highest BCUT2D eigenvalue weighted by molar-refractivity contribution is 5.89. The fourth-order valence-corrected chi connectivity index (χ4v) is 1.74. The second-order valence-corrected chi connectivity index (χ2v) is 4.66. The topological polar surface area (TPSA) is 82.9 Å². The number of nitrogens with one attached hydrogen (secondary N) is 2. The first-order chi connectivity index (χ1) is 10.5. The molecule has 2 N–H and O–H groups in total. The molecule has 22 heavy (non-hydrogen) atoms. The highest BCUT2D eigenvalue weighted by Gasteiger charge is 1.97. The SMILES string of the molecule is CC(=O)Nc1ccc(N=Nc2ccc(NC(C)=O)cc2)cc1. The average molecular weight is 296 g/mol. The van der Waals surface area contributed by atoms with Crippen LogP contribution >= 0.6 is 0 Å². The van der Waals surface area contributed by atoms with E-state index in [1.54, 1.807) is 48.5 Å². The summed E-state index contributed by atoms with van der Waals surface area (Å²) in [6, 6.07) is 14.1. The summed E-state index contributed by atoms with van der Waals surface area (Å²) in [5.74, 6) is -0.234. The van der Waals surface area contributed by atoms with Crippen molar-refractivity contribution in [1.82, 2.24) is 0 Å². The maximum atomic E-state index is 10.9. The smallest absolute Gasteiger partial charge is 0.221 e. The van der Waals surface area contributed by atoms with Crippen molar-refractivity contribution in [2.75, 3.05) is 10.6 Å². The predicted octanol–water partition coefficient (Wildman–Crippen LogP) is 4.02. The molecule has 6 nitrogen and oxygen atoms in total. The number of amides is 2. The molecule has 6 heteroatoms. The van der Waals surface area contributed by atoms with E-state index >= 15 is 0 Å². The van der Waals surface area contributed by atoms with Crippen molar-refractivity contribution in [2.45, 2.75) is 13.8 Å². The maximum absolute atomic E-state index is 10.9. The number of azo groups is 1. The lowest BCUT2D eigenvalue weighted by molar-refractivity contribution is -0.115. The van der Waals surface area contributed by atoms with E-state index in [2.05, 4.69) is 20.9 Å². The van der Waals surface area contributed by atoms with E-state index in [-0.39, 0.29) is 11.8 Å². The van der Waals surface area contributed by atoms with E-state index in [0.29, 0.717) is 22.7 Å². The Bertz CT molecular complexity index is 630. The minimum Gasteiger partial charge on any atom is -0.326 e. The van der Waals surface area contributed by atoms with Crippen molar-refractivity contribution in [3.63, 3.8) is 0 Å². The largest absolute Gasteiger partial charge is 0.326 e. The highest BCUT2D eigenvalue weighted by atomic mass is 16.2. The zero-order chi connectivity index (χ0) is 15.9. The van der Waals surface area contributed by atoms with Crippen LogP contribution in [-0.2, 0) is 9.59 Å². The number of benzene rings is 2. The van der Waals surface area contributed by atoms with Gasteiger partial charge in [0.05, 0.1) is 11.4 Å². The van der Waals surface area contributed by atoms with Crippen LogP contribution in [0.4, 0.5) is 22.7 Å². The number of carbonyl (C=O) groups excluding carboxylic acids is 2. The van der Waals surface area contributed by atoms with E-state index in [1.165, 1.54) is 13.8 Å². The Balaban J connectivity index is 2.01. The first-order valence-electron chi connectivity index (χ1n) is 6.70. The minimum atomic E-state index is -0.117. The Morgan fingerprint density at radius 3 is 1.27 bits per heavy atom. The second-order valence-electron chi connectivity index (χ2n) is 4.66. The fourth-order valence-electron chi connectivity index (χ4n) is 1.74. The third-order valence-electron chi connectivity index (χ3n) is 2.66. The van der Waals surface area contributed by atoms with Gasteiger partial charge in [-0.2, -0.15) is 10.2 Å². The van der Waals surface area contributed by atoms with Gasteiger partial charge in [0, 0.05) is 25.2 Å². The van der Waals surface area contributed by atoms with Gasteiger partial charge in [-0.25, -0.2) is 0 Å². The van der Waals surface area contributed by atoms with Gasteiger partial charge in [-0.1, -0.05) is 0 Å². The van der Waals surface area contributed by atoms with Gasteiger partial charge in [0.1, 0.15) is 0 Å². The zero-order valence-corrected chi connectivity index (χ0v) is 12.3. The standard InChI is InChI=1S/C16H16N4O2/c1-11(21)17-13-3-7-15(8-4-13)19-20-16-9-5-14(6-10-16)18-12(2)22/h3-10H,1-2H3,(H,17,21)(H,18,22). The Morgan fingerprint density at radius 1 is 0.682 bits per heavy atom. The molecule has 0 atom stereocenters. The predicted molar refractivity (Wildman–Crippen MR) is 85.7 cm³/mol. The van der Waals surface area contributed by atoms with Gasteiger partial charge in [-0.15, -0.1) is 0 Å². The Kier molecular flexibility index (Phi) is 4.98. The van der Waals surface area contributed by atoms with E-state index in [4.69, 9.17) is 0 Å². The molecule has 0 aliphatic rings. The number of carbonyl (C=O) groups is 2. The van der Waals surface area contributed by atoms with Gasteiger partial charge in [0.25, 0.3) is 0 Å². The lowest BCUT2D eigenvalue weighted by Gasteiger charge is -2.02. The van der Waals surface area contributed by atoms with Crippen molar-refractivity contribution in [2.24, 2.45) is 10.2 Å². The molecule has 0 aliphatic heterocycles. The van der Waals surface area contributed by atoms with Crippen LogP contribution < -0.4 is 10.6 Å². The monoisotopic (exact) mass is 296 g/mol. The summed E-state index contributed by atoms with van der Waals surface area (Å²) in [4.78, 5) is 21.8. The van der Waals surface area contributed by atoms with E-state index in [9.17, 15) is 9.59 Å². The molecule has 2 rings (SSSR count). The minimum absolute atomic E-state index is 0.117. The van der Waals surface area contributed by atoms with Crippen LogP contribution in [0.5, 0.6) is 0 Å². The molecule has 2 aromatic carbocycles. The van der Waals surface area contributed by atoms with Crippen LogP contribution in [0.1, 0.15) is 13.8 Å². The van der Waals surface area contributed by atoms with Crippen molar-refractivity contribution >= 4 is 34.6 Å². The summed E-state index contributed by atoms with van der Waals surface area (Å²) in [6.07, 6.45) is 0. The Morgan fingerprint density at radius 2 is 1.00 bits per heavy atom. The highest BCUT2D eigenvalue weighted by Crippen LogP contribution is 2.21. The Hall–Kier alpha value is -3.02. The molecule has 112 valence electrons. The van der Waals surface area contributed by atoms with Gasteiger partial charge < -0.3 is 10.6 Å². The summed E-state index contributed by atoms with van der Waals surface area (Å²) in [5.41, 5.74) is 2.79. The van der Waals surface area contributed by atoms with Crippen molar-refractivity contribution in [1.29, 1.82) is 0 Å². The molecule has 0 spiro atoms. The molecule has 0 heterocycles. The average Bonchev–Trinajstić information content (AvgIpc) is 2.47. The quantitative estimate of drug-likeness (QED) is 0.835. The number of rotatable bonds is 4. The molecule has 0 unspecified atom stereocenters. The van der Waals surface area contributed by atoms with E-state index < -0.39 is 0 Å². The van der Waals surface area contributed by atoms with Gasteiger partial charge in [-0.3, -0.25) is 9.59 Å².